The maximum absolute atomic E-state index is 12.7. The quantitative estimate of drug-likeness (QED) is 0.430. The van der Waals surface area contributed by atoms with E-state index in [1.54, 1.807) is 0 Å². The number of alkyl halides is 2. The van der Waals surface area contributed by atoms with Gasteiger partial charge in [0.2, 0.25) is 0 Å². The molecule has 1 aliphatic rings. The molecule has 1 heterocycles. The normalized spacial score (nSPS) is 14.8. The third-order valence-electron chi connectivity index (χ3n) is 3.90. The van der Waals surface area contributed by atoms with E-state index in [-0.39, 0.29) is 11.3 Å². The van der Waals surface area contributed by atoms with Crippen molar-refractivity contribution in [3.8, 4) is 23.8 Å². The lowest BCUT2D eigenvalue weighted by Crippen LogP contribution is -2.48. The summed E-state index contributed by atoms with van der Waals surface area (Å²) >= 11 is 0. The maximum atomic E-state index is 12.7. The number of methoxy groups -OCH3 is 1. The second kappa shape index (κ2) is 8.44. The third kappa shape index (κ3) is 4.37. The Kier molecular flexibility index (Phi) is 6.30. The van der Waals surface area contributed by atoms with Crippen molar-refractivity contribution < 1.29 is 28.0 Å². The number of nitro groups is 1. The fourth-order valence-corrected chi connectivity index (χ4v) is 2.63. The molecule has 0 spiro atoms. The lowest BCUT2D eigenvalue weighted by molar-refractivity contribution is -0.385. The van der Waals surface area contributed by atoms with Crippen LogP contribution in [0.1, 0.15) is 10.4 Å². The van der Waals surface area contributed by atoms with E-state index in [1.165, 1.54) is 12.0 Å². The van der Waals surface area contributed by atoms with Gasteiger partial charge in [0, 0.05) is 32.2 Å². The van der Waals surface area contributed by atoms with Gasteiger partial charge in [0.25, 0.3) is 11.6 Å². The molecule has 0 atom stereocenters. The Morgan fingerprint density at radius 1 is 1.35 bits per heavy atom. The molecule has 0 radical (unpaired) electrons. The van der Waals surface area contributed by atoms with Crippen LogP contribution in [0.15, 0.2) is 12.1 Å². The van der Waals surface area contributed by atoms with E-state index in [4.69, 9.17) is 11.2 Å². The van der Waals surface area contributed by atoms with Crippen molar-refractivity contribution in [1.29, 1.82) is 0 Å². The Balaban J connectivity index is 2.31. The van der Waals surface area contributed by atoms with Crippen molar-refractivity contribution >= 4 is 11.6 Å². The predicted octanol–water partition coefficient (Wildman–Crippen LogP) is 1.60. The van der Waals surface area contributed by atoms with Crippen molar-refractivity contribution in [1.82, 2.24) is 9.80 Å². The van der Waals surface area contributed by atoms with Crippen molar-refractivity contribution in [2.45, 2.75) is 6.61 Å². The van der Waals surface area contributed by atoms with Gasteiger partial charge in [0.05, 0.1) is 24.6 Å². The molecule has 26 heavy (non-hydrogen) atoms. The molecule has 2 rings (SSSR count). The molecule has 1 amide bonds. The standard InChI is InChI=1S/C16H17F2N3O5/c1-3-4-19-5-7-20(8-6-19)15(22)11-9-13(25-2)14(26-16(17)18)10-12(11)21(23)24/h1,9-10,16H,4-8H2,2H3. The fourth-order valence-electron chi connectivity index (χ4n) is 2.63. The van der Waals surface area contributed by atoms with Gasteiger partial charge in [-0.2, -0.15) is 8.78 Å². The van der Waals surface area contributed by atoms with E-state index < -0.39 is 28.9 Å². The summed E-state index contributed by atoms with van der Waals surface area (Å²) in [5, 5.41) is 11.3. The molecule has 140 valence electrons. The molecule has 1 fully saturated rings. The molecule has 0 aliphatic carbocycles. The van der Waals surface area contributed by atoms with E-state index in [0.29, 0.717) is 32.7 Å². The number of nitrogens with zero attached hydrogens (tertiary/aromatic N) is 3. The predicted molar refractivity (Wildman–Crippen MR) is 87.5 cm³/mol. The number of terminal acetylenes is 1. The fraction of sp³-hybridized carbons (Fsp3) is 0.438. The van der Waals surface area contributed by atoms with Crippen LogP contribution < -0.4 is 9.47 Å². The number of hydrogen-bond donors (Lipinski definition) is 0. The Morgan fingerprint density at radius 3 is 2.50 bits per heavy atom. The molecule has 0 bridgehead atoms. The molecule has 8 nitrogen and oxygen atoms in total. The average molecular weight is 369 g/mol. The van der Waals surface area contributed by atoms with E-state index in [0.717, 1.165) is 12.1 Å². The molecule has 1 saturated heterocycles. The van der Waals surface area contributed by atoms with Crippen molar-refractivity contribution in [3.05, 3.63) is 27.8 Å². The summed E-state index contributed by atoms with van der Waals surface area (Å²) in [4.78, 5) is 26.6. The molecule has 1 aromatic carbocycles. The summed E-state index contributed by atoms with van der Waals surface area (Å²) in [5.74, 6) is 1.23. The van der Waals surface area contributed by atoms with Gasteiger partial charge in [0.15, 0.2) is 11.5 Å². The second-order valence-corrected chi connectivity index (χ2v) is 5.43. The van der Waals surface area contributed by atoms with E-state index in [9.17, 15) is 23.7 Å². The topological polar surface area (TPSA) is 85.2 Å². The monoisotopic (exact) mass is 369 g/mol. The molecule has 1 aromatic rings. The first-order valence-electron chi connectivity index (χ1n) is 7.63. The first-order valence-corrected chi connectivity index (χ1v) is 7.63. The number of halogens is 2. The van der Waals surface area contributed by atoms with Crippen LogP contribution in [0.5, 0.6) is 11.5 Å². The lowest BCUT2D eigenvalue weighted by atomic mass is 10.1. The number of carbonyl (C=O) groups is 1. The van der Waals surface area contributed by atoms with Crippen LogP contribution in [0.25, 0.3) is 0 Å². The molecular weight excluding hydrogens is 352 g/mol. The second-order valence-electron chi connectivity index (χ2n) is 5.43. The summed E-state index contributed by atoms with van der Waals surface area (Å²) in [5.41, 5.74) is -0.878. The van der Waals surface area contributed by atoms with Gasteiger partial charge in [-0.05, 0) is 0 Å². The van der Waals surface area contributed by atoms with E-state index in [2.05, 4.69) is 10.7 Å². The Labute approximate surface area is 148 Å². The molecular formula is C16H17F2N3O5. The number of rotatable bonds is 6. The zero-order valence-electron chi connectivity index (χ0n) is 14.0. The summed E-state index contributed by atoms with van der Waals surface area (Å²) in [7, 11) is 1.19. The van der Waals surface area contributed by atoms with Crippen LogP contribution in [-0.2, 0) is 0 Å². The van der Waals surface area contributed by atoms with Gasteiger partial charge in [-0.1, -0.05) is 5.92 Å². The molecule has 0 aromatic heterocycles. The zero-order valence-corrected chi connectivity index (χ0v) is 14.0. The Morgan fingerprint density at radius 2 is 2.00 bits per heavy atom. The number of amides is 1. The number of carbonyl (C=O) groups excluding carboxylic acids is 1. The van der Waals surface area contributed by atoms with Gasteiger partial charge in [-0.15, -0.1) is 6.42 Å². The highest BCUT2D eigenvalue weighted by Gasteiger charge is 2.30. The molecule has 0 N–H and O–H groups in total. The minimum Gasteiger partial charge on any atom is -0.493 e. The van der Waals surface area contributed by atoms with Gasteiger partial charge in [-0.3, -0.25) is 19.8 Å². The summed E-state index contributed by atoms with van der Waals surface area (Å²) in [6, 6.07) is 1.82. The van der Waals surface area contributed by atoms with Crippen molar-refractivity contribution in [3.63, 3.8) is 0 Å². The summed E-state index contributed by atoms with van der Waals surface area (Å²) < 4.78 is 34.1. The highest BCUT2D eigenvalue weighted by molar-refractivity contribution is 5.99. The number of hydrogen-bond acceptors (Lipinski definition) is 6. The number of nitro benzene ring substituents is 1. The number of piperazine rings is 1. The van der Waals surface area contributed by atoms with Crippen LogP contribution in [0.2, 0.25) is 0 Å². The highest BCUT2D eigenvalue weighted by Crippen LogP contribution is 2.36. The Bertz CT molecular complexity index is 727. The smallest absolute Gasteiger partial charge is 0.387 e. The highest BCUT2D eigenvalue weighted by atomic mass is 19.3. The van der Waals surface area contributed by atoms with Crippen LogP contribution in [0.4, 0.5) is 14.5 Å². The third-order valence-corrected chi connectivity index (χ3v) is 3.90. The van der Waals surface area contributed by atoms with Crippen molar-refractivity contribution in [2.75, 3.05) is 39.8 Å². The van der Waals surface area contributed by atoms with Gasteiger partial charge >= 0.3 is 6.61 Å². The van der Waals surface area contributed by atoms with Gasteiger partial charge in [0.1, 0.15) is 5.56 Å². The molecule has 0 saturated carbocycles. The van der Waals surface area contributed by atoms with Crippen LogP contribution in [-0.4, -0.2) is 67.1 Å². The number of ether oxygens (including phenoxy) is 2. The zero-order chi connectivity index (χ0) is 19.3. The first kappa shape index (κ1) is 19.4. The summed E-state index contributed by atoms with van der Waals surface area (Å²) in [6.07, 6.45) is 5.25. The van der Waals surface area contributed by atoms with Crippen LogP contribution in [0, 0.1) is 22.5 Å². The van der Waals surface area contributed by atoms with E-state index in [1.807, 2.05) is 4.90 Å². The maximum Gasteiger partial charge on any atom is 0.387 e. The molecule has 1 aliphatic heterocycles. The Hall–Kier alpha value is -2.93. The van der Waals surface area contributed by atoms with E-state index >= 15 is 0 Å². The number of benzene rings is 1. The van der Waals surface area contributed by atoms with Gasteiger partial charge in [-0.25, -0.2) is 0 Å². The van der Waals surface area contributed by atoms with Crippen LogP contribution in [0.3, 0.4) is 0 Å². The SMILES string of the molecule is C#CCN1CCN(C(=O)c2cc(OC)c(OC(F)F)cc2[N+](=O)[O-])CC1. The molecule has 10 heteroatoms. The molecule has 0 unspecified atom stereocenters. The lowest BCUT2D eigenvalue weighted by Gasteiger charge is -2.33. The minimum absolute atomic E-state index is 0.190. The first-order chi connectivity index (χ1) is 12.4. The minimum atomic E-state index is -3.19. The van der Waals surface area contributed by atoms with Gasteiger partial charge < -0.3 is 14.4 Å². The largest absolute Gasteiger partial charge is 0.493 e. The van der Waals surface area contributed by atoms with Crippen molar-refractivity contribution in [2.24, 2.45) is 0 Å². The summed E-state index contributed by atoms with van der Waals surface area (Å²) in [6.45, 7) is -0.976. The van der Waals surface area contributed by atoms with Crippen LogP contribution >= 0.6 is 0 Å². The average Bonchev–Trinajstić information content (AvgIpc) is 2.61.